The van der Waals surface area contributed by atoms with Crippen LogP contribution in [0.25, 0.3) is 11.3 Å². The molecule has 1 aromatic heterocycles. The number of nitriles is 1. The summed E-state index contributed by atoms with van der Waals surface area (Å²) in [6.07, 6.45) is 2.53. The van der Waals surface area contributed by atoms with Gasteiger partial charge in [0.1, 0.15) is 11.6 Å². The minimum absolute atomic E-state index is 0.0340. The van der Waals surface area contributed by atoms with Crippen LogP contribution >= 0.6 is 11.8 Å². The van der Waals surface area contributed by atoms with Gasteiger partial charge in [-0.3, -0.25) is 4.79 Å². The van der Waals surface area contributed by atoms with E-state index in [0.717, 1.165) is 6.42 Å². The van der Waals surface area contributed by atoms with Crippen molar-refractivity contribution in [3.63, 3.8) is 0 Å². The quantitative estimate of drug-likeness (QED) is 0.438. The Kier molecular flexibility index (Phi) is 6.86. The van der Waals surface area contributed by atoms with E-state index >= 15 is 0 Å². The van der Waals surface area contributed by atoms with Crippen molar-refractivity contribution in [2.24, 2.45) is 0 Å². The topological polar surface area (TPSA) is 97.2 Å². The summed E-state index contributed by atoms with van der Waals surface area (Å²) in [7, 11) is 3.18. The molecular weight excluding hydrogens is 342 g/mol. The van der Waals surface area contributed by atoms with Gasteiger partial charge in [-0.25, -0.2) is 4.98 Å². The number of hydrogen-bond acceptors (Lipinski definition) is 7. The molecule has 0 saturated heterocycles. The lowest BCUT2D eigenvalue weighted by Crippen LogP contribution is -2.14. The van der Waals surface area contributed by atoms with Crippen molar-refractivity contribution in [2.45, 2.75) is 11.6 Å². The fourth-order valence-corrected chi connectivity index (χ4v) is 2.56. The second-order valence-corrected chi connectivity index (χ2v) is 5.77. The summed E-state index contributed by atoms with van der Waals surface area (Å²) in [5.74, 6) is 1.09. The van der Waals surface area contributed by atoms with Crippen LogP contribution in [-0.4, -0.2) is 43.7 Å². The molecule has 0 bridgehead atoms. The molecule has 0 spiro atoms. The Labute approximate surface area is 150 Å². The number of methoxy groups -OCH3 is 2. The van der Waals surface area contributed by atoms with Gasteiger partial charge in [-0.2, -0.15) is 5.26 Å². The molecule has 8 heteroatoms. The summed E-state index contributed by atoms with van der Waals surface area (Å²) in [4.78, 5) is 19.0. The zero-order valence-corrected chi connectivity index (χ0v) is 15.1. The Morgan fingerprint density at radius 2 is 2.08 bits per heavy atom. The van der Waals surface area contributed by atoms with Crippen molar-refractivity contribution in [2.75, 3.05) is 33.7 Å². The first-order chi connectivity index (χ1) is 12.1. The third-order valence-corrected chi connectivity index (χ3v) is 3.97. The number of aromatic amines is 1. The van der Waals surface area contributed by atoms with Crippen LogP contribution in [0.15, 0.2) is 28.2 Å². The van der Waals surface area contributed by atoms with Crippen LogP contribution in [0.1, 0.15) is 12.0 Å². The minimum Gasteiger partial charge on any atom is -0.493 e. The number of thioether (sulfide) groups is 1. The van der Waals surface area contributed by atoms with Crippen LogP contribution in [0.5, 0.6) is 11.5 Å². The Morgan fingerprint density at radius 1 is 1.28 bits per heavy atom. The molecule has 0 fully saturated rings. The van der Waals surface area contributed by atoms with Gasteiger partial charge in [0.05, 0.1) is 19.4 Å². The molecule has 25 heavy (non-hydrogen) atoms. The fraction of sp³-hybridized carbons (Fsp3) is 0.353. The van der Waals surface area contributed by atoms with Crippen molar-refractivity contribution < 1.29 is 14.2 Å². The van der Waals surface area contributed by atoms with Crippen LogP contribution in [0.3, 0.4) is 0 Å². The molecule has 7 nitrogen and oxygen atoms in total. The second kappa shape index (κ2) is 9.11. The van der Waals surface area contributed by atoms with E-state index in [1.165, 1.54) is 11.8 Å². The molecule has 0 aliphatic rings. The summed E-state index contributed by atoms with van der Waals surface area (Å²) < 4.78 is 16.1. The van der Waals surface area contributed by atoms with Gasteiger partial charge in [-0.05, 0) is 24.5 Å². The number of ether oxygens (including phenoxy) is 3. The van der Waals surface area contributed by atoms with Crippen molar-refractivity contribution in [3.05, 3.63) is 34.1 Å². The Hall–Kier alpha value is -2.50. The van der Waals surface area contributed by atoms with Gasteiger partial charge in [-0.15, -0.1) is 0 Å². The maximum Gasteiger partial charge on any atom is 0.270 e. The van der Waals surface area contributed by atoms with Crippen molar-refractivity contribution >= 4 is 11.8 Å². The predicted molar refractivity (Wildman–Crippen MR) is 95.3 cm³/mol. The monoisotopic (exact) mass is 361 g/mol. The molecule has 0 radical (unpaired) electrons. The Bertz CT molecular complexity index is 830. The molecule has 1 aromatic carbocycles. The molecule has 1 N–H and O–H groups in total. The van der Waals surface area contributed by atoms with Crippen molar-refractivity contribution in [1.82, 2.24) is 9.97 Å². The van der Waals surface area contributed by atoms with Crippen LogP contribution < -0.4 is 15.0 Å². The number of H-pyrrole nitrogens is 1. The molecule has 0 unspecified atom stereocenters. The standard InChI is InChI=1S/C17H19N3O4S/c1-22-7-4-8-24-14-9-11(5-6-13(14)23-2)15-12(10-18)16(21)20-17(19-15)25-3/h5-6,9H,4,7-8H2,1-3H3,(H,19,20,21). The van der Waals surface area contributed by atoms with Gasteiger partial charge >= 0.3 is 0 Å². The van der Waals surface area contributed by atoms with Crippen molar-refractivity contribution in [1.29, 1.82) is 5.26 Å². The van der Waals surface area contributed by atoms with E-state index in [-0.39, 0.29) is 5.56 Å². The van der Waals surface area contributed by atoms with Crippen molar-refractivity contribution in [3.8, 4) is 28.8 Å². The molecule has 0 aliphatic carbocycles. The highest BCUT2D eigenvalue weighted by Gasteiger charge is 2.15. The summed E-state index contributed by atoms with van der Waals surface area (Å²) in [5, 5.41) is 9.75. The van der Waals surface area contributed by atoms with Crippen LogP contribution in [0.4, 0.5) is 0 Å². The summed E-state index contributed by atoms with van der Waals surface area (Å²) in [6, 6.07) is 7.11. The first-order valence-electron chi connectivity index (χ1n) is 7.53. The predicted octanol–water partition coefficient (Wildman–Crippen LogP) is 2.45. The van der Waals surface area contributed by atoms with E-state index in [2.05, 4.69) is 9.97 Å². The summed E-state index contributed by atoms with van der Waals surface area (Å²) >= 11 is 1.30. The van der Waals surface area contributed by atoms with E-state index in [0.29, 0.717) is 41.1 Å². The second-order valence-electron chi connectivity index (χ2n) is 4.97. The Morgan fingerprint density at radius 3 is 2.72 bits per heavy atom. The lowest BCUT2D eigenvalue weighted by Gasteiger charge is -2.13. The SMILES string of the molecule is COCCCOc1cc(-c2nc(SC)[nH]c(=O)c2C#N)ccc1OC. The minimum atomic E-state index is -0.463. The fourth-order valence-electron chi connectivity index (χ4n) is 2.18. The van der Waals surface area contributed by atoms with Crippen LogP contribution in [0.2, 0.25) is 0 Å². The van der Waals surface area contributed by atoms with Gasteiger partial charge < -0.3 is 19.2 Å². The lowest BCUT2D eigenvalue weighted by molar-refractivity contribution is 0.170. The average Bonchev–Trinajstić information content (AvgIpc) is 2.64. The van der Waals surface area contributed by atoms with E-state index in [1.54, 1.807) is 38.7 Å². The van der Waals surface area contributed by atoms with Crippen LogP contribution in [0, 0.1) is 11.3 Å². The zero-order valence-electron chi connectivity index (χ0n) is 14.3. The number of aromatic nitrogens is 2. The molecule has 2 aromatic rings. The normalized spacial score (nSPS) is 10.3. The molecule has 0 atom stereocenters. The third-order valence-electron chi connectivity index (χ3n) is 3.39. The first kappa shape index (κ1) is 18.8. The van der Waals surface area contributed by atoms with E-state index in [1.807, 2.05) is 6.07 Å². The smallest absolute Gasteiger partial charge is 0.270 e. The van der Waals surface area contributed by atoms with Crippen LogP contribution in [-0.2, 0) is 4.74 Å². The molecular formula is C17H19N3O4S. The first-order valence-corrected chi connectivity index (χ1v) is 8.75. The maximum absolute atomic E-state index is 12.1. The molecule has 2 rings (SSSR count). The van der Waals surface area contributed by atoms with E-state index in [4.69, 9.17) is 14.2 Å². The molecule has 0 saturated carbocycles. The Balaban J connectivity index is 2.44. The zero-order chi connectivity index (χ0) is 18.2. The molecule has 132 valence electrons. The molecule has 1 heterocycles. The van der Waals surface area contributed by atoms with Gasteiger partial charge in [-0.1, -0.05) is 11.8 Å². The number of nitrogens with zero attached hydrogens (tertiary/aromatic N) is 2. The van der Waals surface area contributed by atoms with Gasteiger partial charge in [0.25, 0.3) is 5.56 Å². The highest BCUT2D eigenvalue weighted by molar-refractivity contribution is 7.98. The molecule has 0 amide bonds. The largest absolute Gasteiger partial charge is 0.493 e. The highest BCUT2D eigenvalue weighted by Crippen LogP contribution is 2.33. The number of nitrogens with one attached hydrogen (secondary N) is 1. The van der Waals surface area contributed by atoms with Gasteiger partial charge in [0.15, 0.2) is 16.7 Å². The number of benzene rings is 1. The number of rotatable bonds is 8. The lowest BCUT2D eigenvalue weighted by atomic mass is 10.1. The van der Waals surface area contributed by atoms with Gasteiger partial charge in [0, 0.05) is 25.7 Å². The average molecular weight is 361 g/mol. The summed E-state index contributed by atoms with van der Waals surface area (Å²) in [6.45, 7) is 1.05. The van der Waals surface area contributed by atoms with E-state index < -0.39 is 5.56 Å². The number of hydrogen-bond donors (Lipinski definition) is 1. The van der Waals surface area contributed by atoms with Gasteiger partial charge in [0.2, 0.25) is 0 Å². The summed E-state index contributed by atoms with van der Waals surface area (Å²) in [5.41, 5.74) is 0.434. The maximum atomic E-state index is 12.1. The third kappa shape index (κ3) is 4.53. The van der Waals surface area contributed by atoms with E-state index in [9.17, 15) is 10.1 Å². The highest BCUT2D eigenvalue weighted by atomic mass is 32.2. The molecule has 0 aliphatic heterocycles.